The Morgan fingerprint density at radius 2 is 1.95 bits per heavy atom. The fraction of sp³-hybridized carbons (Fsp3) is 0.182. The number of hydrogen-bond acceptors (Lipinski definition) is 6. The molecule has 0 atom stereocenters. The van der Waals surface area contributed by atoms with Gasteiger partial charge in [-0.05, 0) is 6.07 Å². The number of carbonyl (C=O) groups is 3. The van der Waals surface area contributed by atoms with Gasteiger partial charge in [0.05, 0.1) is 17.0 Å². The molecule has 0 radical (unpaired) electrons. The first-order valence-electron chi connectivity index (χ1n) is 5.62. The van der Waals surface area contributed by atoms with E-state index in [2.05, 4.69) is 10.6 Å². The fourth-order valence-corrected chi connectivity index (χ4v) is 1.42. The zero-order valence-corrected chi connectivity index (χ0v) is 10.7. The van der Waals surface area contributed by atoms with Gasteiger partial charge in [0, 0.05) is 17.8 Å². The van der Waals surface area contributed by atoms with Crippen molar-refractivity contribution in [1.29, 1.82) is 0 Å². The number of nitrogens with one attached hydrogen (secondary N) is 2. The molecule has 1 rings (SSSR count). The van der Waals surface area contributed by atoms with Crippen LogP contribution in [0.15, 0.2) is 18.2 Å². The molecule has 0 unspecified atom stereocenters. The lowest BCUT2D eigenvalue weighted by Crippen LogP contribution is -2.34. The summed E-state index contributed by atoms with van der Waals surface area (Å²) in [6.45, 7) is -0.852. The molecule has 2 amide bonds. The van der Waals surface area contributed by atoms with Crippen LogP contribution in [0.3, 0.4) is 0 Å². The minimum Gasteiger partial charge on any atom is -0.480 e. The van der Waals surface area contributed by atoms with Crippen molar-refractivity contribution in [3.8, 4) is 0 Å². The second-order valence-electron chi connectivity index (χ2n) is 3.88. The monoisotopic (exact) mass is 296 g/mol. The van der Waals surface area contributed by atoms with Crippen LogP contribution in [0.2, 0.25) is 0 Å². The van der Waals surface area contributed by atoms with Gasteiger partial charge in [-0.2, -0.15) is 0 Å². The smallest absolute Gasteiger partial charge is 0.322 e. The third kappa shape index (κ3) is 4.78. The van der Waals surface area contributed by atoms with Crippen LogP contribution in [0, 0.1) is 10.1 Å². The Morgan fingerprint density at radius 1 is 1.29 bits per heavy atom. The second kappa shape index (κ2) is 6.84. The molecule has 5 N–H and O–H groups in total. The number of nitro benzene ring substituents is 1. The van der Waals surface area contributed by atoms with E-state index in [-0.39, 0.29) is 23.5 Å². The highest BCUT2D eigenvalue weighted by molar-refractivity contribution is 5.99. The highest BCUT2D eigenvalue weighted by atomic mass is 16.6. The third-order valence-electron chi connectivity index (χ3n) is 2.36. The highest BCUT2D eigenvalue weighted by Crippen LogP contribution is 2.21. The molecule has 0 heterocycles. The van der Waals surface area contributed by atoms with Crippen LogP contribution in [0.1, 0.15) is 10.4 Å². The molecule has 112 valence electrons. The zero-order valence-electron chi connectivity index (χ0n) is 10.7. The van der Waals surface area contributed by atoms with Crippen molar-refractivity contribution in [2.45, 2.75) is 0 Å². The number of rotatable bonds is 7. The summed E-state index contributed by atoms with van der Waals surface area (Å²) in [5.74, 6) is -2.71. The molecular formula is C11H12N4O6. The van der Waals surface area contributed by atoms with E-state index in [1.54, 1.807) is 0 Å². The molecular weight excluding hydrogens is 284 g/mol. The van der Waals surface area contributed by atoms with Gasteiger partial charge in [-0.3, -0.25) is 24.5 Å². The Morgan fingerprint density at radius 3 is 2.48 bits per heavy atom. The van der Waals surface area contributed by atoms with Gasteiger partial charge in [0.1, 0.15) is 6.54 Å². The minimum atomic E-state index is -1.20. The predicted molar refractivity (Wildman–Crippen MR) is 70.7 cm³/mol. The van der Waals surface area contributed by atoms with Crippen LogP contribution >= 0.6 is 0 Å². The maximum absolute atomic E-state index is 11.3. The van der Waals surface area contributed by atoms with Gasteiger partial charge in [-0.1, -0.05) is 0 Å². The Hall–Kier alpha value is -3.17. The Balaban J connectivity index is 2.79. The Labute approximate surface area is 118 Å². The van der Waals surface area contributed by atoms with E-state index in [0.29, 0.717) is 0 Å². The fourth-order valence-electron chi connectivity index (χ4n) is 1.42. The van der Waals surface area contributed by atoms with E-state index in [1.165, 1.54) is 6.07 Å². The molecule has 10 heteroatoms. The molecule has 0 aromatic heterocycles. The van der Waals surface area contributed by atoms with Gasteiger partial charge in [0.15, 0.2) is 0 Å². The summed E-state index contributed by atoms with van der Waals surface area (Å²) in [6.07, 6.45) is 0. The van der Waals surface area contributed by atoms with Crippen molar-refractivity contribution in [2.24, 2.45) is 5.73 Å². The molecule has 0 fully saturated rings. The number of benzene rings is 1. The van der Waals surface area contributed by atoms with Gasteiger partial charge < -0.3 is 21.5 Å². The minimum absolute atomic E-state index is 0.138. The molecule has 21 heavy (non-hydrogen) atoms. The number of nitro groups is 1. The number of anilines is 1. The lowest BCUT2D eigenvalue weighted by molar-refractivity contribution is -0.384. The third-order valence-corrected chi connectivity index (χ3v) is 2.36. The van der Waals surface area contributed by atoms with Gasteiger partial charge in [0.25, 0.3) is 11.6 Å². The van der Waals surface area contributed by atoms with Crippen molar-refractivity contribution < 1.29 is 24.4 Å². The molecule has 0 aliphatic heterocycles. The van der Waals surface area contributed by atoms with Crippen molar-refractivity contribution in [3.63, 3.8) is 0 Å². The molecule has 1 aromatic carbocycles. The summed E-state index contributed by atoms with van der Waals surface area (Å²) in [5.41, 5.74) is 4.79. The molecule has 0 bridgehead atoms. The number of aliphatic carboxylic acids is 1. The van der Waals surface area contributed by atoms with Gasteiger partial charge in [-0.25, -0.2) is 0 Å². The average molecular weight is 296 g/mol. The van der Waals surface area contributed by atoms with E-state index in [1.807, 2.05) is 0 Å². The number of nitrogens with zero attached hydrogens (tertiary/aromatic N) is 1. The number of non-ortho nitro benzene ring substituents is 1. The van der Waals surface area contributed by atoms with Crippen molar-refractivity contribution in [1.82, 2.24) is 5.32 Å². The standard InChI is InChI=1S/C11H12N4O6/c12-11(19)7-3-6(15(20)21)1-2-8(7)13-4-9(16)14-5-10(17)18/h1-3,13H,4-5H2,(H2,12,19)(H,14,16)(H,17,18). The van der Waals surface area contributed by atoms with Crippen LogP contribution in [-0.4, -0.2) is 40.9 Å². The Bertz CT molecular complexity index is 600. The summed E-state index contributed by atoms with van der Waals surface area (Å²) in [5, 5.41) is 23.7. The van der Waals surface area contributed by atoms with Crippen molar-refractivity contribution in [2.75, 3.05) is 18.4 Å². The maximum Gasteiger partial charge on any atom is 0.322 e. The number of carboxylic acids is 1. The average Bonchev–Trinajstić information content (AvgIpc) is 2.42. The van der Waals surface area contributed by atoms with Gasteiger partial charge in [0.2, 0.25) is 5.91 Å². The van der Waals surface area contributed by atoms with E-state index in [9.17, 15) is 24.5 Å². The normalized spacial score (nSPS) is 9.71. The van der Waals surface area contributed by atoms with Crippen LogP contribution in [0.5, 0.6) is 0 Å². The molecule has 0 saturated carbocycles. The maximum atomic E-state index is 11.3. The lowest BCUT2D eigenvalue weighted by Gasteiger charge is -2.09. The largest absolute Gasteiger partial charge is 0.480 e. The number of carboxylic acid groups (broad SMARTS) is 1. The van der Waals surface area contributed by atoms with Crippen LogP contribution in [0.4, 0.5) is 11.4 Å². The van der Waals surface area contributed by atoms with E-state index in [0.717, 1.165) is 12.1 Å². The first-order valence-corrected chi connectivity index (χ1v) is 5.62. The first-order chi connectivity index (χ1) is 9.81. The predicted octanol–water partition coefficient (Wildman–Crippen LogP) is -0.694. The summed E-state index contributed by atoms with van der Waals surface area (Å²) >= 11 is 0. The summed E-state index contributed by atoms with van der Waals surface area (Å²) in [7, 11) is 0. The van der Waals surface area contributed by atoms with Crippen LogP contribution in [-0.2, 0) is 9.59 Å². The quantitative estimate of drug-likeness (QED) is 0.381. The number of nitrogens with two attached hydrogens (primary N) is 1. The molecule has 0 aliphatic carbocycles. The number of hydrogen-bond donors (Lipinski definition) is 4. The SMILES string of the molecule is NC(=O)c1cc([N+](=O)[O-])ccc1NCC(=O)NCC(=O)O. The zero-order chi connectivity index (χ0) is 16.0. The van der Waals surface area contributed by atoms with Crippen molar-refractivity contribution >= 4 is 29.2 Å². The van der Waals surface area contributed by atoms with Crippen LogP contribution in [0.25, 0.3) is 0 Å². The van der Waals surface area contributed by atoms with Gasteiger partial charge in [-0.15, -0.1) is 0 Å². The number of primary amides is 1. The lowest BCUT2D eigenvalue weighted by atomic mass is 10.1. The van der Waals surface area contributed by atoms with E-state index >= 15 is 0 Å². The van der Waals surface area contributed by atoms with E-state index < -0.39 is 29.3 Å². The molecule has 0 saturated heterocycles. The molecule has 1 aromatic rings. The first kappa shape index (κ1) is 15.9. The molecule has 10 nitrogen and oxygen atoms in total. The van der Waals surface area contributed by atoms with Crippen LogP contribution < -0.4 is 16.4 Å². The van der Waals surface area contributed by atoms with Crippen molar-refractivity contribution in [3.05, 3.63) is 33.9 Å². The number of amides is 2. The topological polar surface area (TPSA) is 165 Å². The molecule has 0 aliphatic rings. The van der Waals surface area contributed by atoms with Gasteiger partial charge >= 0.3 is 5.97 Å². The summed E-state index contributed by atoms with van der Waals surface area (Å²) in [6, 6.07) is 3.37. The molecule has 0 spiro atoms. The van der Waals surface area contributed by atoms with E-state index in [4.69, 9.17) is 10.8 Å². The summed E-state index contributed by atoms with van der Waals surface area (Å²) < 4.78 is 0. The number of carbonyl (C=O) groups excluding carboxylic acids is 2. The summed E-state index contributed by atoms with van der Waals surface area (Å²) in [4.78, 5) is 42.7. The highest BCUT2D eigenvalue weighted by Gasteiger charge is 2.15. The second-order valence-corrected chi connectivity index (χ2v) is 3.88. The Kier molecular flexibility index (Phi) is 5.17.